The van der Waals surface area contributed by atoms with Crippen LogP contribution >= 0.6 is 0 Å². The first-order chi connectivity index (χ1) is 14.5. The first-order valence-electron chi connectivity index (χ1n) is 10.4. The van der Waals surface area contributed by atoms with Crippen molar-refractivity contribution in [2.45, 2.75) is 39.3 Å². The number of carbonyl (C=O) groups is 1. The molecular weight excluding hydrogens is 378 g/mol. The van der Waals surface area contributed by atoms with Gasteiger partial charge in [-0.1, -0.05) is 0 Å². The maximum atomic E-state index is 13.0. The average Bonchev–Trinajstić information content (AvgIpc) is 3.49. The minimum atomic E-state index is -0.0687. The summed E-state index contributed by atoms with van der Waals surface area (Å²) in [5.74, 6) is 1.27. The molecule has 30 heavy (non-hydrogen) atoms. The predicted molar refractivity (Wildman–Crippen MR) is 113 cm³/mol. The van der Waals surface area contributed by atoms with Gasteiger partial charge in [0.05, 0.1) is 30.6 Å². The smallest absolute Gasteiger partial charge is 0.280 e. The fourth-order valence-corrected chi connectivity index (χ4v) is 4.59. The van der Waals surface area contributed by atoms with Crippen LogP contribution in [0.25, 0.3) is 0 Å². The van der Waals surface area contributed by atoms with Crippen molar-refractivity contribution >= 4 is 11.7 Å². The summed E-state index contributed by atoms with van der Waals surface area (Å²) in [6.45, 7) is 5.70. The second kappa shape index (κ2) is 8.25. The van der Waals surface area contributed by atoms with Crippen LogP contribution in [0.4, 0.5) is 5.82 Å². The summed E-state index contributed by atoms with van der Waals surface area (Å²) in [7, 11) is 2.05. The van der Waals surface area contributed by atoms with E-state index >= 15 is 0 Å². The lowest BCUT2D eigenvalue weighted by atomic mass is 10.1. The fraction of sp³-hybridized carbons (Fsp3) is 0.391. The third-order valence-corrected chi connectivity index (χ3v) is 6.31. The van der Waals surface area contributed by atoms with Crippen LogP contribution < -0.4 is 10.2 Å². The van der Waals surface area contributed by atoms with Crippen molar-refractivity contribution in [1.82, 2.24) is 9.13 Å². The Hall–Kier alpha value is -3.24. The van der Waals surface area contributed by atoms with Gasteiger partial charge in [-0.05, 0) is 43.7 Å². The van der Waals surface area contributed by atoms with Crippen LogP contribution in [0.5, 0.6) is 0 Å². The molecule has 0 spiro atoms. The third kappa shape index (κ3) is 3.66. The molecule has 1 fully saturated rings. The molecule has 1 aliphatic heterocycles. The maximum absolute atomic E-state index is 13.0. The number of aromatic nitrogens is 2. The van der Waals surface area contributed by atoms with Gasteiger partial charge in [0.25, 0.3) is 5.91 Å². The summed E-state index contributed by atoms with van der Waals surface area (Å²) in [5, 5.41) is 12.8. The number of amides is 1. The van der Waals surface area contributed by atoms with E-state index in [-0.39, 0.29) is 5.91 Å². The van der Waals surface area contributed by atoms with Gasteiger partial charge < -0.3 is 23.8 Å². The number of nitrogens with zero attached hydrogens (tertiary/aromatic N) is 3. The van der Waals surface area contributed by atoms with Gasteiger partial charge in [0.1, 0.15) is 23.7 Å². The van der Waals surface area contributed by atoms with Gasteiger partial charge in [-0.2, -0.15) is 5.26 Å². The lowest BCUT2D eigenvalue weighted by Crippen LogP contribution is -3.11. The fourth-order valence-electron chi connectivity index (χ4n) is 4.59. The molecule has 156 valence electrons. The minimum absolute atomic E-state index is 0.0687. The van der Waals surface area contributed by atoms with Crippen LogP contribution in [0.1, 0.15) is 47.2 Å². The molecule has 1 amide bonds. The number of rotatable bonds is 6. The number of anilines is 1. The number of likely N-dealkylation sites (tertiary alicyclic amines) is 1. The van der Waals surface area contributed by atoms with Crippen molar-refractivity contribution in [2.24, 2.45) is 7.05 Å². The van der Waals surface area contributed by atoms with Crippen LogP contribution in [0.15, 0.2) is 41.1 Å². The second-order valence-corrected chi connectivity index (χ2v) is 8.08. The van der Waals surface area contributed by atoms with E-state index in [2.05, 4.69) is 41.3 Å². The van der Waals surface area contributed by atoms with Crippen LogP contribution in [0.3, 0.4) is 0 Å². The number of nitrogens with one attached hydrogen (secondary N) is 2. The van der Waals surface area contributed by atoms with E-state index in [1.165, 1.54) is 10.6 Å². The zero-order valence-electron chi connectivity index (χ0n) is 17.7. The van der Waals surface area contributed by atoms with E-state index in [0.717, 1.165) is 36.4 Å². The number of quaternary nitrogens is 1. The molecule has 7 heteroatoms. The zero-order chi connectivity index (χ0) is 21.3. The summed E-state index contributed by atoms with van der Waals surface area (Å²) in [6, 6.07) is 10.5. The van der Waals surface area contributed by atoms with Gasteiger partial charge in [0.15, 0.2) is 6.54 Å². The molecule has 0 aliphatic carbocycles. The zero-order valence-corrected chi connectivity index (χ0v) is 17.7. The van der Waals surface area contributed by atoms with E-state index in [4.69, 9.17) is 4.42 Å². The van der Waals surface area contributed by atoms with Crippen molar-refractivity contribution in [3.8, 4) is 6.07 Å². The lowest BCUT2D eigenvalue weighted by molar-refractivity contribution is -0.910. The van der Waals surface area contributed by atoms with Gasteiger partial charge in [0, 0.05) is 31.8 Å². The molecule has 4 heterocycles. The predicted octanol–water partition coefficient (Wildman–Crippen LogP) is 2.31. The quantitative estimate of drug-likeness (QED) is 0.659. The molecule has 1 unspecified atom stereocenters. The van der Waals surface area contributed by atoms with Crippen LogP contribution in [0, 0.1) is 25.2 Å². The molecule has 1 saturated heterocycles. The largest absolute Gasteiger partial charge is 0.467 e. The van der Waals surface area contributed by atoms with Gasteiger partial charge in [0.2, 0.25) is 0 Å². The number of hydrogen-bond donors (Lipinski definition) is 2. The molecule has 3 aromatic heterocycles. The molecule has 0 bridgehead atoms. The highest BCUT2D eigenvalue weighted by atomic mass is 16.3. The summed E-state index contributed by atoms with van der Waals surface area (Å²) >= 11 is 0. The van der Waals surface area contributed by atoms with Gasteiger partial charge in [-0.25, -0.2) is 0 Å². The average molecular weight is 407 g/mol. The SMILES string of the molecule is Cc1c(C#N)c(NC(=O)C[NH+]2CCC[C@H]2c2cccn2C)n(Cc2ccco2)c1C. The molecule has 2 atom stereocenters. The second-order valence-electron chi connectivity index (χ2n) is 8.08. The Morgan fingerprint density at radius 2 is 2.20 bits per heavy atom. The number of nitriles is 1. The first-order valence-corrected chi connectivity index (χ1v) is 10.4. The Labute approximate surface area is 176 Å². The van der Waals surface area contributed by atoms with Crippen molar-refractivity contribution in [3.63, 3.8) is 0 Å². The Morgan fingerprint density at radius 3 is 2.87 bits per heavy atom. The van der Waals surface area contributed by atoms with Crippen LogP contribution in [-0.4, -0.2) is 28.1 Å². The normalized spacial score (nSPS) is 18.5. The van der Waals surface area contributed by atoms with E-state index in [9.17, 15) is 10.1 Å². The minimum Gasteiger partial charge on any atom is -0.467 e. The molecule has 7 nitrogen and oxygen atoms in total. The van der Waals surface area contributed by atoms with E-state index < -0.39 is 0 Å². The molecule has 0 radical (unpaired) electrons. The molecular formula is C23H28N5O2+. The molecule has 1 aliphatic rings. The summed E-state index contributed by atoms with van der Waals surface area (Å²) < 4.78 is 9.59. The summed E-state index contributed by atoms with van der Waals surface area (Å²) in [4.78, 5) is 14.3. The molecule has 3 aromatic rings. The molecule has 0 aromatic carbocycles. The van der Waals surface area contributed by atoms with Crippen molar-refractivity contribution < 1.29 is 14.1 Å². The van der Waals surface area contributed by atoms with Crippen molar-refractivity contribution in [2.75, 3.05) is 18.4 Å². The Bertz CT molecular complexity index is 1080. The maximum Gasteiger partial charge on any atom is 0.280 e. The van der Waals surface area contributed by atoms with E-state index in [1.807, 2.05) is 30.5 Å². The molecule has 4 rings (SSSR count). The summed E-state index contributed by atoms with van der Waals surface area (Å²) in [6.07, 6.45) is 5.87. The number of furan rings is 1. The monoisotopic (exact) mass is 406 g/mol. The number of carbonyl (C=O) groups excluding carboxylic acids is 1. The summed E-state index contributed by atoms with van der Waals surface area (Å²) in [5.41, 5.74) is 3.62. The van der Waals surface area contributed by atoms with Crippen molar-refractivity contribution in [1.29, 1.82) is 5.26 Å². The van der Waals surface area contributed by atoms with Crippen LogP contribution in [0.2, 0.25) is 0 Å². The van der Waals surface area contributed by atoms with E-state index in [0.29, 0.717) is 30.5 Å². The topological polar surface area (TPSA) is 80.3 Å². The molecule has 2 N–H and O–H groups in total. The van der Waals surface area contributed by atoms with Gasteiger partial charge in [-0.15, -0.1) is 0 Å². The van der Waals surface area contributed by atoms with Crippen molar-refractivity contribution in [3.05, 3.63) is 65.0 Å². The Balaban J connectivity index is 1.55. The Morgan fingerprint density at radius 1 is 1.37 bits per heavy atom. The highest BCUT2D eigenvalue weighted by molar-refractivity contribution is 5.92. The third-order valence-electron chi connectivity index (χ3n) is 6.31. The lowest BCUT2D eigenvalue weighted by Gasteiger charge is -2.22. The molecule has 0 saturated carbocycles. The number of hydrogen-bond acceptors (Lipinski definition) is 3. The number of aryl methyl sites for hydroxylation is 1. The van der Waals surface area contributed by atoms with Crippen LogP contribution in [-0.2, 0) is 18.4 Å². The standard InChI is InChI=1S/C23H27N5O2/c1-16-17(2)28(14-18-7-6-12-30-18)23(19(16)13-24)25-22(29)15-27-11-5-9-21(27)20-8-4-10-26(20)3/h4,6-8,10,12,21H,5,9,11,14-15H2,1-3H3,(H,25,29)/p+1/t21-/m0/s1. The van der Waals surface area contributed by atoms with Gasteiger partial charge >= 0.3 is 0 Å². The highest BCUT2D eigenvalue weighted by Crippen LogP contribution is 2.27. The first kappa shape index (κ1) is 20.0. The van der Waals surface area contributed by atoms with Gasteiger partial charge in [-0.3, -0.25) is 4.79 Å². The van der Waals surface area contributed by atoms with E-state index in [1.54, 1.807) is 6.26 Å². The Kier molecular flexibility index (Phi) is 5.51. The highest BCUT2D eigenvalue weighted by Gasteiger charge is 2.33.